The minimum absolute atomic E-state index is 0.114. The number of nitrogens with zero attached hydrogens (tertiary/aromatic N) is 1. The number of aromatic amines is 1. The number of hydrogen-bond donors (Lipinski definition) is 2. The van der Waals surface area contributed by atoms with Gasteiger partial charge in [0.15, 0.2) is 0 Å². The Hall–Kier alpha value is -1.57. The van der Waals surface area contributed by atoms with Crippen molar-refractivity contribution in [1.82, 2.24) is 9.55 Å². The van der Waals surface area contributed by atoms with Crippen molar-refractivity contribution in [3.05, 3.63) is 54.2 Å². The summed E-state index contributed by atoms with van der Waals surface area (Å²) in [6.07, 6.45) is 0. The predicted octanol–water partition coefficient (Wildman–Crippen LogP) is 1.14. The predicted molar refractivity (Wildman–Crippen MR) is 71.8 cm³/mol. The second kappa shape index (κ2) is 4.36. The van der Waals surface area contributed by atoms with E-state index in [4.69, 9.17) is 0 Å². The summed E-state index contributed by atoms with van der Waals surface area (Å²) in [7, 11) is 0. The van der Waals surface area contributed by atoms with Gasteiger partial charge in [0.1, 0.15) is 0 Å². The van der Waals surface area contributed by atoms with Crippen LogP contribution in [0, 0.1) is 10.5 Å². The molecule has 0 unspecified atom stereocenters. The molecule has 0 atom stereocenters. The average Bonchev–Trinajstić information content (AvgIpc) is 2.26. The van der Waals surface area contributed by atoms with Gasteiger partial charge in [-0.2, -0.15) is 0 Å². The van der Waals surface area contributed by atoms with E-state index in [1.54, 1.807) is 18.2 Å². The standard InChI is InChI=1S/C11H9IN2O3/c1-6-9(15)13-11(17)14(10(6)16)8-4-2-3-7(12)5-8/h2-5,16H,1H3,(H,13,15,17). The zero-order valence-corrected chi connectivity index (χ0v) is 11.1. The Labute approximate surface area is 110 Å². The van der Waals surface area contributed by atoms with Gasteiger partial charge in [-0.3, -0.25) is 9.78 Å². The summed E-state index contributed by atoms with van der Waals surface area (Å²) >= 11 is 2.10. The fourth-order valence-electron chi connectivity index (χ4n) is 1.47. The molecule has 5 nitrogen and oxygen atoms in total. The van der Waals surface area contributed by atoms with Crippen LogP contribution in [-0.4, -0.2) is 14.7 Å². The average molecular weight is 344 g/mol. The summed E-state index contributed by atoms with van der Waals surface area (Å²) in [6.45, 7) is 1.46. The minimum atomic E-state index is -0.653. The first-order valence-electron chi connectivity index (χ1n) is 4.81. The highest BCUT2D eigenvalue weighted by Crippen LogP contribution is 2.17. The first-order valence-corrected chi connectivity index (χ1v) is 5.89. The molecule has 0 amide bonds. The molecule has 1 aromatic heterocycles. The summed E-state index contributed by atoms with van der Waals surface area (Å²) in [5.41, 5.74) is -0.600. The Balaban J connectivity index is 2.81. The monoisotopic (exact) mass is 344 g/mol. The molecule has 6 heteroatoms. The first-order chi connectivity index (χ1) is 8.00. The highest BCUT2D eigenvalue weighted by molar-refractivity contribution is 14.1. The van der Waals surface area contributed by atoms with E-state index >= 15 is 0 Å². The van der Waals surface area contributed by atoms with E-state index < -0.39 is 11.2 Å². The summed E-state index contributed by atoms with van der Waals surface area (Å²) in [6, 6.07) is 7.05. The van der Waals surface area contributed by atoms with Gasteiger partial charge in [0.25, 0.3) is 5.56 Å². The third-order valence-corrected chi connectivity index (χ3v) is 3.05. The normalized spacial score (nSPS) is 10.5. The minimum Gasteiger partial charge on any atom is -0.494 e. The fourth-order valence-corrected chi connectivity index (χ4v) is 1.99. The van der Waals surface area contributed by atoms with Gasteiger partial charge in [0.2, 0.25) is 5.88 Å². The molecule has 1 heterocycles. The SMILES string of the molecule is Cc1c(O)n(-c2cccc(I)c2)c(=O)[nH]c1=O. The Bertz CT molecular complexity index is 688. The quantitative estimate of drug-likeness (QED) is 0.762. The number of nitrogens with one attached hydrogen (secondary N) is 1. The second-order valence-corrected chi connectivity index (χ2v) is 4.77. The Morgan fingerprint density at radius 1 is 1.35 bits per heavy atom. The lowest BCUT2D eigenvalue weighted by Crippen LogP contribution is -2.30. The molecular weight excluding hydrogens is 335 g/mol. The van der Waals surface area contributed by atoms with Crippen LogP contribution in [0.4, 0.5) is 0 Å². The van der Waals surface area contributed by atoms with Gasteiger partial charge in [0, 0.05) is 3.57 Å². The molecule has 2 aromatic rings. The first kappa shape index (κ1) is 11.9. The van der Waals surface area contributed by atoms with E-state index in [1.807, 2.05) is 6.07 Å². The zero-order chi connectivity index (χ0) is 12.6. The molecule has 2 N–H and O–H groups in total. The van der Waals surface area contributed by atoms with Crippen LogP contribution in [0.2, 0.25) is 0 Å². The number of aromatic nitrogens is 2. The van der Waals surface area contributed by atoms with Gasteiger partial charge in [-0.1, -0.05) is 6.07 Å². The molecule has 0 aliphatic heterocycles. The lowest BCUT2D eigenvalue weighted by Gasteiger charge is -2.09. The van der Waals surface area contributed by atoms with Crippen LogP contribution in [0.5, 0.6) is 5.88 Å². The van der Waals surface area contributed by atoms with Crippen LogP contribution < -0.4 is 11.2 Å². The highest BCUT2D eigenvalue weighted by atomic mass is 127. The number of rotatable bonds is 1. The smallest absolute Gasteiger partial charge is 0.335 e. The summed E-state index contributed by atoms with van der Waals surface area (Å²) in [5, 5.41) is 9.84. The zero-order valence-electron chi connectivity index (χ0n) is 8.90. The molecule has 88 valence electrons. The summed E-state index contributed by atoms with van der Waals surface area (Å²) < 4.78 is 1.99. The molecule has 0 saturated carbocycles. The number of hydrogen-bond acceptors (Lipinski definition) is 3. The Morgan fingerprint density at radius 2 is 2.06 bits per heavy atom. The van der Waals surface area contributed by atoms with Crippen molar-refractivity contribution in [2.45, 2.75) is 6.92 Å². The van der Waals surface area contributed by atoms with E-state index in [2.05, 4.69) is 27.6 Å². The maximum Gasteiger partial charge on any atom is 0.335 e. The van der Waals surface area contributed by atoms with Crippen LogP contribution in [-0.2, 0) is 0 Å². The fraction of sp³-hybridized carbons (Fsp3) is 0.0909. The van der Waals surface area contributed by atoms with Crippen molar-refractivity contribution in [2.75, 3.05) is 0 Å². The van der Waals surface area contributed by atoms with Crippen LogP contribution in [0.15, 0.2) is 33.9 Å². The van der Waals surface area contributed by atoms with Crippen molar-refractivity contribution in [3.63, 3.8) is 0 Å². The number of aromatic hydroxyl groups is 1. The van der Waals surface area contributed by atoms with E-state index in [0.717, 1.165) is 8.14 Å². The number of H-pyrrole nitrogens is 1. The largest absolute Gasteiger partial charge is 0.494 e. The Kier molecular flexibility index (Phi) is 3.05. The topological polar surface area (TPSA) is 75.1 Å². The van der Waals surface area contributed by atoms with Crippen LogP contribution in [0.25, 0.3) is 5.69 Å². The van der Waals surface area contributed by atoms with Crippen molar-refractivity contribution < 1.29 is 5.11 Å². The summed E-state index contributed by atoms with van der Waals surface area (Å²) in [4.78, 5) is 25.1. The summed E-state index contributed by atoms with van der Waals surface area (Å²) in [5.74, 6) is -0.333. The number of halogens is 1. The van der Waals surface area contributed by atoms with E-state index in [-0.39, 0.29) is 11.4 Å². The Morgan fingerprint density at radius 3 is 2.71 bits per heavy atom. The van der Waals surface area contributed by atoms with Crippen molar-refractivity contribution >= 4 is 22.6 Å². The highest BCUT2D eigenvalue weighted by Gasteiger charge is 2.11. The molecule has 0 aliphatic carbocycles. The molecule has 0 aliphatic rings. The van der Waals surface area contributed by atoms with Gasteiger partial charge in [-0.25, -0.2) is 9.36 Å². The molecule has 0 fully saturated rings. The van der Waals surface area contributed by atoms with Crippen molar-refractivity contribution in [2.24, 2.45) is 0 Å². The molecule has 17 heavy (non-hydrogen) atoms. The maximum atomic E-state index is 11.7. The lowest BCUT2D eigenvalue weighted by molar-refractivity contribution is 0.426. The molecule has 0 bridgehead atoms. The molecule has 1 aromatic carbocycles. The van der Waals surface area contributed by atoms with Crippen molar-refractivity contribution in [1.29, 1.82) is 0 Å². The van der Waals surface area contributed by atoms with Crippen LogP contribution in [0.3, 0.4) is 0 Å². The second-order valence-electron chi connectivity index (χ2n) is 3.52. The van der Waals surface area contributed by atoms with Crippen LogP contribution >= 0.6 is 22.6 Å². The number of benzene rings is 1. The van der Waals surface area contributed by atoms with Crippen LogP contribution in [0.1, 0.15) is 5.56 Å². The lowest BCUT2D eigenvalue weighted by atomic mass is 10.3. The third-order valence-electron chi connectivity index (χ3n) is 2.38. The van der Waals surface area contributed by atoms with Gasteiger partial charge in [-0.15, -0.1) is 0 Å². The van der Waals surface area contributed by atoms with E-state index in [0.29, 0.717) is 5.69 Å². The molecular formula is C11H9IN2O3. The molecule has 2 rings (SSSR count). The van der Waals surface area contributed by atoms with Crippen molar-refractivity contribution in [3.8, 4) is 11.6 Å². The van der Waals surface area contributed by atoms with E-state index in [1.165, 1.54) is 6.92 Å². The van der Waals surface area contributed by atoms with Gasteiger partial charge in [0.05, 0.1) is 11.3 Å². The maximum absolute atomic E-state index is 11.7. The van der Waals surface area contributed by atoms with Gasteiger partial charge >= 0.3 is 5.69 Å². The van der Waals surface area contributed by atoms with E-state index in [9.17, 15) is 14.7 Å². The third kappa shape index (κ3) is 2.12. The van der Waals surface area contributed by atoms with Gasteiger partial charge < -0.3 is 5.11 Å². The van der Waals surface area contributed by atoms with Gasteiger partial charge in [-0.05, 0) is 47.7 Å². The molecule has 0 spiro atoms. The molecule has 0 radical (unpaired) electrons. The molecule has 0 saturated heterocycles.